The molecule has 4 aromatic rings. The van der Waals surface area contributed by atoms with Crippen LogP contribution in [-0.2, 0) is 4.74 Å². The van der Waals surface area contributed by atoms with Crippen molar-refractivity contribution >= 4 is 10.9 Å². The summed E-state index contributed by atoms with van der Waals surface area (Å²) in [4.78, 5) is 12.5. The van der Waals surface area contributed by atoms with Crippen LogP contribution in [0.2, 0.25) is 0 Å². The highest BCUT2D eigenvalue weighted by Crippen LogP contribution is 2.34. The molecule has 1 saturated heterocycles. The number of hydrogen-bond acceptors (Lipinski definition) is 5. The summed E-state index contributed by atoms with van der Waals surface area (Å²) in [6, 6.07) is 9.07. The molecule has 0 aromatic carbocycles. The second-order valence-corrected chi connectivity index (χ2v) is 7.25. The van der Waals surface area contributed by atoms with E-state index in [4.69, 9.17) is 9.84 Å². The minimum atomic E-state index is -0.527. The van der Waals surface area contributed by atoms with Crippen LogP contribution in [0.3, 0.4) is 0 Å². The van der Waals surface area contributed by atoms with E-state index in [1.54, 1.807) is 18.5 Å². The predicted octanol–water partition coefficient (Wildman–Crippen LogP) is 4.70. The van der Waals surface area contributed by atoms with Crippen LogP contribution < -0.4 is 0 Å². The van der Waals surface area contributed by atoms with Crippen molar-refractivity contribution in [3.63, 3.8) is 0 Å². The van der Waals surface area contributed by atoms with Gasteiger partial charge in [0.05, 0.1) is 17.4 Å². The molecule has 6 nitrogen and oxygen atoms in total. The van der Waals surface area contributed by atoms with Crippen LogP contribution in [0, 0.1) is 12.9 Å². The maximum Gasteiger partial charge on any atom is 0.213 e. The Labute approximate surface area is 167 Å². The van der Waals surface area contributed by atoms with Crippen molar-refractivity contribution in [2.75, 3.05) is 6.61 Å². The van der Waals surface area contributed by atoms with Gasteiger partial charge in [0.25, 0.3) is 0 Å². The average Bonchev–Trinajstić information content (AvgIpc) is 3.13. The van der Waals surface area contributed by atoms with Gasteiger partial charge in [-0.1, -0.05) is 0 Å². The summed E-state index contributed by atoms with van der Waals surface area (Å²) in [5.74, 6) is -0.527. The minimum Gasteiger partial charge on any atom is -0.356 e. The standard InChI is InChI=1S/C22H20FN5O/c1-14-10-16(6-7-24-14)22-17-12-18(15-5-8-25-20(23)11-15)26-13-19(17)28(27-22)21-4-2-3-9-29-21/h5-8,10-13,21H,2-4,9H2,1H3. The smallest absolute Gasteiger partial charge is 0.213 e. The normalized spacial score (nSPS) is 17.0. The van der Waals surface area contributed by atoms with Gasteiger partial charge in [-0.2, -0.15) is 9.49 Å². The van der Waals surface area contributed by atoms with Crippen LogP contribution in [0.15, 0.2) is 48.9 Å². The summed E-state index contributed by atoms with van der Waals surface area (Å²) in [6.07, 6.45) is 8.03. The van der Waals surface area contributed by atoms with Crippen molar-refractivity contribution in [3.05, 3.63) is 60.6 Å². The van der Waals surface area contributed by atoms with E-state index in [2.05, 4.69) is 15.0 Å². The topological polar surface area (TPSA) is 65.7 Å². The zero-order chi connectivity index (χ0) is 19.8. The number of nitrogens with zero attached hydrogens (tertiary/aromatic N) is 5. The Hall–Kier alpha value is -3.19. The van der Waals surface area contributed by atoms with Crippen molar-refractivity contribution in [1.82, 2.24) is 24.7 Å². The number of aromatic nitrogens is 5. The number of rotatable bonds is 3. The SMILES string of the molecule is Cc1cc(-c2nn(C3CCCCO3)c3cnc(-c4ccnc(F)c4)cc23)ccn1. The molecule has 146 valence electrons. The van der Waals surface area contributed by atoms with Gasteiger partial charge in [-0.25, -0.2) is 9.67 Å². The highest BCUT2D eigenvalue weighted by atomic mass is 19.1. The first-order valence-corrected chi connectivity index (χ1v) is 9.74. The van der Waals surface area contributed by atoms with Crippen LogP contribution in [0.5, 0.6) is 0 Å². The molecule has 0 radical (unpaired) electrons. The minimum absolute atomic E-state index is 0.103. The second kappa shape index (κ2) is 7.33. The van der Waals surface area contributed by atoms with E-state index in [1.165, 1.54) is 12.3 Å². The number of pyridine rings is 3. The maximum atomic E-state index is 13.6. The molecule has 5 heterocycles. The molecule has 1 aliphatic heterocycles. The van der Waals surface area contributed by atoms with Crippen molar-refractivity contribution in [1.29, 1.82) is 0 Å². The molecule has 0 aliphatic carbocycles. The van der Waals surface area contributed by atoms with Crippen LogP contribution in [0.4, 0.5) is 4.39 Å². The summed E-state index contributed by atoms with van der Waals surface area (Å²) in [6.45, 7) is 2.69. The van der Waals surface area contributed by atoms with Gasteiger partial charge in [0.1, 0.15) is 5.69 Å². The fraction of sp³-hybridized carbons (Fsp3) is 0.273. The van der Waals surface area contributed by atoms with Gasteiger partial charge in [-0.15, -0.1) is 0 Å². The Bertz CT molecular complexity index is 1180. The number of ether oxygens (including phenoxy) is 1. The molecular formula is C22H20FN5O. The molecule has 0 saturated carbocycles. The van der Waals surface area contributed by atoms with E-state index in [0.717, 1.165) is 53.7 Å². The molecule has 0 amide bonds. The van der Waals surface area contributed by atoms with Crippen LogP contribution in [0.25, 0.3) is 33.4 Å². The largest absolute Gasteiger partial charge is 0.356 e. The summed E-state index contributed by atoms with van der Waals surface area (Å²) in [7, 11) is 0. The quantitative estimate of drug-likeness (QED) is 0.475. The second-order valence-electron chi connectivity index (χ2n) is 7.25. The molecule has 0 N–H and O–H groups in total. The fourth-order valence-electron chi connectivity index (χ4n) is 3.80. The Balaban J connectivity index is 1.71. The predicted molar refractivity (Wildman–Crippen MR) is 108 cm³/mol. The van der Waals surface area contributed by atoms with Gasteiger partial charge >= 0.3 is 0 Å². The molecule has 1 fully saturated rings. The highest BCUT2D eigenvalue weighted by molar-refractivity contribution is 5.95. The van der Waals surface area contributed by atoms with E-state index >= 15 is 0 Å². The number of fused-ring (bicyclic) bond motifs is 1. The summed E-state index contributed by atoms with van der Waals surface area (Å²) in [5.41, 5.74) is 5.00. The monoisotopic (exact) mass is 389 g/mol. The lowest BCUT2D eigenvalue weighted by Crippen LogP contribution is -2.19. The molecule has 29 heavy (non-hydrogen) atoms. The number of hydrogen-bond donors (Lipinski definition) is 0. The third kappa shape index (κ3) is 3.38. The molecular weight excluding hydrogens is 369 g/mol. The van der Waals surface area contributed by atoms with Gasteiger partial charge in [0.15, 0.2) is 6.23 Å². The molecule has 7 heteroatoms. The molecule has 1 unspecified atom stereocenters. The lowest BCUT2D eigenvalue weighted by molar-refractivity contribution is -0.0365. The number of aryl methyl sites for hydroxylation is 1. The van der Waals surface area contributed by atoms with E-state index in [-0.39, 0.29) is 6.23 Å². The van der Waals surface area contributed by atoms with E-state index in [0.29, 0.717) is 11.3 Å². The van der Waals surface area contributed by atoms with E-state index < -0.39 is 5.95 Å². The fourth-order valence-corrected chi connectivity index (χ4v) is 3.80. The van der Waals surface area contributed by atoms with Gasteiger partial charge in [-0.3, -0.25) is 9.97 Å². The molecule has 1 aliphatic rings. The first-order valence-electron chi connectivity index (χ1n) is 9.74. The lowest BCUT2D eigenvalue weighted by atomic mass is 10.1. The van der Waals surface area contributed by atoms with Gasteiger partial charge in [-0.05, 0) is 50.5 Å². The summed E-state index contributed by atoms with van der Waals surface area (Å²) in [5, 5.41) is 5.87. The Kier molecular flexibility index (Phi) is 4.52. The molecule has 0 spiro atoms. The average molecular weight is 389 g/mol. The third-order valence-electron chi connectivity index (χ3n) is 5.21. The molecule has 4 aromatic heterocycles. The maximum absolute atomic E-state index is 13.6. The van der Waals surface area contributed by atoms with Crippen LogP contribution in [-0.4, -0.2) is 31.3 Å². The van der Waals surface area contributed by atoms with Gasteiger partial charge < -0.3 is 4.74 Å². The first kappa shape index (κ1) is 17.9. The Morgan fingerprint density at radius 1 is 1.03 bits per heavy atom. The molecule has 0 bridgehead atoms. The van der Waals surface area contributed by atoms with E-state index in [1.807, 2.05) is 29.8 Å². The zero-order valence-corrected chi connectivity index (χ0v) is 16.0. The first-order chi connectivity index (χ1) is 14.2. The number of halogens is 1. The summed E-state index contributed by atoms with van der Waals surface area (Å²) < 4.78 is 21.5. The van der Waals surface area contributed by atoms with Crippen molar-refractivity contribution in [2.24, 2.45) is 0 Å². The van der Waals surface area contributed by atoms with Crippen molar-refractivity contribution in [3.8, 4) is 22.5 Å². The van der Waals surface area contributed by atoms with Gasteiger partial charge in [0, 0.05) is 47.3 Å². The summed E-state index contributed by atoms with van der Waals surface area (Å²) >= 11 is 0. The van der Waals surface area contributed by atoms with Crippen LogP contribution in [0.1, 0.15) is 31.2 Å². The highest BCUT2D eigenvalue weighted by Gasteiger charge is 2.22. The van der Waals surface area contributed by atoms with Crippen LogP contribution >= 0.6 is 0 Å². The van der Waals surface area contributed by atoms with Crippen molar-refractivity contribution < 1.29 is 9.13 Å². The van der Waals surface area contributed by atoms with E-state index in [9.17, 15) is 4.39 Å². The third-order valence-corrected chi connectivity index (χ3v) is 5.21. The Morgan fingerprint density at radius 3 is 2.69 bits per heavy atom. The molecule has 5 rings (SSSR count). The lowest BCUT2D eigenvalue weighted by Gasteiger charge is -2.23. The molecule has 1 atom stereocenters. The van der Waals surface area contributed by atoms with Gasteiger partial charge in [0.2, 0.25) is 5.95 Å². The zero-order valence-electron chi connectivity index (χ0n) is 16.0. The van der Waals surface area contributed by atoms with Crippen molar-refractivity contribution in [2.45, 2.75) is 32.4 Å². The Morgan fingerprint density at radius 2 is 1.90 bits per heavy atom.